The Morgan fingerprint density at radius 2 is 1.72 bits per heavy atom. The SMILES string of the molecule is CC(O)c1ccc(Oc2ccc(I)cc2)cc1Br. The number of hydrogen-bond donors (Lipinski definition) is 1. The average Bonchev–Trinajstić information content (AvgIpc) is 2.32. The Hall–Kier alpha value is -0.590. The van der Waals surface area contributed by atoms with Crippen molar-refractivity contribution in [1.82, 2.24) is 0 Å². The van der Waals surface area contributed by atoms with Crippen molar-refractivity contribution in [3.63, 3.8) is 0 Å². The van der Waals surface area contributed by atoms with E-state index in [4.69, 9.17) is 4.74 Å². The van der Waals surface area contributed by atoms with Gasteiger partial charge in [0.15, 0.2) is 0 Å². The first kappa shape index (κ1) is 13.8. The summed E-state index contributed by atoms with van der Waals surface area (Å²) in [4.78, 5) is 0. The van der Waals surface area contributed by atoms with Crippen molar-refractivity contribution >= 4 is 38.5 Å². The van der Waals surface area contributed by atoms with Crippen LogP contribution in [0.15, 0.2) is 46.9 Å². The minimum Gasteiger partial charge on any atom is -0.457 e. The number of aliphatic hydroxyl groups excluding tert-OH is 1. The van der Waals surface area contributed by atoms with Gasteiger partial charge in [0.05, 0.1) is 6.10 Å². The highest BCUT2D eigenvalue weighted by Crippen LogP contribution is 2.30. The van der Waals surface area contributed by atoms with Crippen LogP contribution in [-0.2, 0) is 0 Å². The third kappa shape index (κ3) is 3.46. The van der Waals surface area contributed by atoms with E-state index in [0.717, 1.165) is 21.5 Å². The van der Waals surface area contributed by atoms with Gasteiger partial charge in [-0.05, 0) is 71.5 Å². The maximum atomic E-state index is 9.54. The molecule has 18 heavy (non-hydrogen) atoms. The molecule has 0 aliphatic carbocycles. The van der Waals surface area contributed by atoms with Crippen molar-refractivity contribution in [3.05, 3.63) is 56.1 Å². The molecule has 0 bridgehead atoms. The molecule has 0 saturated heterocycles. The van der Waals surface area contributed by atoms with Gasteiger partial charge in [-0.2, -0.15) is 0 Å². The summed E-state index contributed by atoms with van der Waals surface area (Å²) in [5.41, 5.74) is 0.852. The van der Waals surface area contributed by atoms with Gasteiger partial charge in [0.25, 0.3) is 0 Å². The average molecular weight is 419 g/mol. The summed E-state index contributed by atoms with van der Waals surface area (Å²) in [5.74, 6) is 1.54. The summed E-state index contributed by atoms with van der Waals surface area (Å²) in [6.45, 7) is 1.74. The standard InChI is InChI=1S/C14H12BrIO2/c1-9(17)13-7-6-12(8-14(13)15)18-11-4-2-10(16)3-5-11/h2-9,17H,1H3. The number of halogens is 2. The van der Waals surface area contributed by atoms with E-state index in [2.05, 4.69) is 38.5 Å². The van der Waals surface area contributed by atoms with E-state index in [1.807, 2.05) is 42.5 Å². The highest BCUT2D eigenvalue weighted by Gasteiger charge is 2.07. The molecular weight excluding hydrogens is 407 g/mol. The Morgan fingerprint density at radius 3 is 2.28 bits per heavy atom. The second-order valence-corrected chi connectivity index (χ2v) is 6.02. The van der Waals surface area contributed by atoms with Crippen LogP contribution in [0.25, 0.3) is 0 Å². The van der Waals surface area contributed by atoms with Crippen LogP contribution in [0.2, 0.25) is 0 Å². The molecule has 1 unspecified atom stereocenters. The minimum atomic E-state index is -0.494. The highest BCUT2D eigenvalue weighted by atomic mass is 127. The summed E-state index contributed by atoms with van der Waals surface area (Å²) >= 11 is 5.68. The lowest BCUT2D eigenvalue weighted by Gasteiger charge is -2.10. The van der Waals surface area contributed by atoms with Gasteiger partial charge in [0.1, 0.15) is 11.5 Å². The molecule has 4 heteroatoms. The van der Waals surface area contributed by atoms with Crippen molar-refractivity contribution in [2.24, 2.45) is 0 Å². The van der Waals surface area contributed by atoms with Crippen molar-refractivity contribution in [3.8, 4) is 11.5 Å². The Bertz CT molecular complexity index is 538. The van der Waals surface area contributed by atoms with E-state index in [1.54, 1.807) is 6.92 Å². The van der Waals surface area contributed by atoms with Gasteiger partial charge in [0.2, 0.25) is 0 Å². The molecule has 0 aromatic heterocycles. The normalized spacial score (nSPS) is 12.2. The molecule has 2 rings (SSSR count). The summed E-state index contributed by atoms with van der Waals surface area (Å²) < 4.78 is 7.75. The molecule has 2 aromatic rings. The van der Waals surface area contributed by atoms with Gasteiger partial charge >= 0.3 is 0 Å². The molecule has 0 aliphatic rings. The zero-order valence-corrected chi connectivity index (χ0v) is 13.5. The van der Waals surface area contributed by atoms with Crippen molar-refractivity contribution in [2.45, 2.75) is 13.0 Å². The molecule has 0 fully saturated rings. The molecular formula is C14H12BrIO2. The summed E-state index contributed by atoms with van der Waals surface area (Å²) in [6, 6.07) is 13.4. The zero-order chi connectivity index (χ0) is 13.1. The fourth-order valence-electron chi connectivity index (χ4n) is 1.55. The fraction of sp³-hybridized carbons (Fsp3) is 0.143. The van der Waals surface area contributed by atoms with Crippen LogP contribution in [0, 0.1) is 3.57 Å². The number of rotatable bonds is 3. The van der Waals surface area contributed by atoms with Gasteiger partial charge in [-0.25, -0.2) is 0 Å². The lowest BCUT2D eigenvalue weighted by molar-refractivity contribution is 0.198. The molecule has 2 nitrogen and oxygen atoms in total. The molecule has 1 atom stereocenters. The number of ether oxygens (including phenoxy) is 1. The first-order valence-corrected chi connectivity index (χ1v) is 7.34. The molecule has 0 aliphatic heterocycles. The second kappa shape index (κ2) is 6.04. The highest BCUT2D eigenvalue weighted by molar-refractivity contribution is 14.1. The predicted octanol–water partition coefficient (Wildman–Crippen LogP) is 4.90. The number of hydrogen-bond acceptors (Lipinski definition) is 2. The quantitative estimate of drug-likeness (QED) is 0.718. The second-order valence-electron chi connectivity index (χ2n) is 3.92. The van der Waals surface area contributed by atoms with E-state index < -0.39 is 6.10 Å². The third-order valence-corrected chi connectivity index (χ3v) is 3.88. The van der Waals surface area contributed by atoms with Crippen molar-refractivity contribution in [1.29, 1.82) is 0 Å². The van der Waals surface area contributed by atoms with Gasteiger partial charge in [-0.3, -0.25) is 0 Å². The van der Waals surface area contributed by atoms with Crippen molar-refractivity contribution < 1.29 is 9.84 Å². The molecule has 0 amide bonds. The fourth-order valence-corrected chi connectivity index (χ4v) is 2.60. The summed E-state index contributed by atoms with van der Waals surface area (Å²) in [7, 11) is 0. The summed E-state index contributed by atoms with van der Waals surface area (Å²) in [5, 5.41) is 9.54. The van der Waals surface area contributed by atoms with Crippen LogP contribution in [0.3, 0.4) is 0 Å². The van der Waals surface area contributed by atoms with E-state index in [-0.39, 0.29) is 0 Å². The van der Waals surface area contributed by atoms with E-state index in [9.17, 15) is 5.11 Å². The number of aliphatic hydroxyl groups is 1. The Kier molecular flexibility index (Phi) is 4.64. The smallest absolute Gasteiger partial charge is 0.128 e. The third-order valence-electron chi connectivity index (χ3n) is 2.47. The molecule has 2 aromatic carbocycles. The van der Waals surface area contributed by atoms with Crippen LogP contribution in [0.5, 0.6) is 11.5 Å². The monoisotopic (exact) mass is 418 g/mol. The van der Waals surface area contributed by atoms with Crippen LogP contribution in [0.4, 0.5) is 0 Å². The Labute approximate surface area is 128 Å². The number of benzene rings is 2. The Balaban J connectivity index is 2.20. The van der Waals surface area contributed by atoms with E-state index in [0.29, 0.717) is 0 Å². The van der Waals surface area contributed by atoms with Crippen LogP contribution in [-0.4, -0.2) is 5.11 Å². The minimum absolute atomic E-state index is 0.494. The summed E-state index contributed by atoms with van der Waals surface area (Å²) in [6.07, 6.45) is -0.494. The van der Waals surface area contributed by atoms with Gasteiger partial charge in [-0.15, -0.1) is 0 Å². The molecule has 0 spiro atoms. The Morgan fingerprint density at radius 1 is 1.11 bits per heavy atom. The molecule has 0 heterocycles. The van der Waals surface area contributed by atoms with E-state index in [1.165, 1.54) is 3.57 Å². The maximum Gasteiger partial charge on any atom is 0.128 e. The molecule has 1 N–H and O–H groups in total. The van der Waals surface area contributed by atoms with Crippen LogP contribution in [0.1, 0.15) is 18.6 Å². The molecule has 0 radical (unpaired) electrons. The first-order chi connectivity index (χ1) is 8.56. The molecule has 94 valence electrons. The first-order valence-electron chi connectivity index (χ1n) is 5.47. The van der Waals surface area contributed by atoms with Crippen LogP contribution < -0.4 is 4.74 Å². The zero-order valence-electron chi connectivity index (χ0n) is 9.73. The van der Waals surface area contributed by atoms with Crippen molar-refractivity contribution in [2.75, 3.05) is 0 Å². The maximum absolute atomic E-state index is 9.54. The van der Waals surface area contributed by atoms with E-state index >= 15 is 0 Å². The van der Waals surface area contributed by atoms with Gasteiger partial charge < -0.3 is 9.84 Å². The topological polar surface area (TPSA) is 29.5 Å². The van der Waals surface area contributed by atoms with Gasteiger partial charge in [-0.1, -0.05) is 22.0 Å². The van der Waals surface area contributed by atoms with Gasteiger partial charge in [0, 0.05) is 8.04 Å². The predicted molar refractivity (Wildman–Crippen MR) is 84.0 cm³/mol. The lowest BCUT2D eigenvalue weighted by atomic mass is 10.1. The molecule has 0 saturated carbocycles. The largest absolute Gasteiger partial charge is 0.457 e. The van der Waals surface area contributed by atoms with Crippen LogP contribution >= 0.6 is 38.5 Å². The lowest BCUT2D eigenvalue weighted by Crippen LogP contribution is -1.93.